The van der Waals surface area contributed by atoms with Crippen molar-refractivity contribution in [1.82, 2.24) is 5.32 Å². The van der Waals surface area contributed by atoms with Crippen molar-refractivity contribution in [2.24, 2.45) is 0 Å². The second kappa shape index (κ2) is 9.82. The summed E-state index contributed by atoms with van der Waals surface area (Å²) in [6.07, 6.45) is 4.95. The predicted molar refractivity (Wildman–Crippen MR) is 87.6 cm³/mol. The van der Waals surface area contributed by atoms with E-state index in [9.17, 15) is 0 Å². The van der Waals surface area contributed by atoms with Gasteiger partial charge >= 0.3 is 0 Å². The Morgan fingerprint density at radius 1 is 0.900 bits per heavy atom. The van der Waals surface area contributed by atoms with E-state index in [1.54, 1.807) is 0 Å². The van der Waals surface area contributed by atoms with Crippen molar-refractivity contribution in [3.63, 3.8) is 0 Å². The normalized spacial score (nSPS) is 11.3. The van der Waals surface area contributed by atoms with Crippen molar-refractivity contribution in [1.29, 1.82) is 0 Å². The Labute approximate surface area is 124 Å². The van der Waals surface area contributed by atoms with Crippen molar-refractivity contribution in [3.05, 3.63) is 29.8 Å². The molecule has 0 amide bonds. The Morgan fingerprint density at radius 3 is 2.15 bits per heavy atom. The molecule has 0 aliphatic rings. The fourth-order valence-corrected chi connectivity index (χ4v) is 2.11. The molecule has 1 rings (SSSR count). The van der Waals surface area contributed by atoms with Crippen molar-refractivity contribution in [2.75, 3.05) is 13.2 Å². The van der Waals surface area contributed by atoms with Crippen LogP contribution in [0.5, 0.6) is 5.75 Å². The van der Waals surface area contributed by atoms with Crippen LogP contribution in [-0.4, -0.2) is 19.2 Å². The largest absolute Gasteiger partial charge is 0.494 e. The van der Waals surface area contributed by atoms with E-state index in [-0.39, 0.29) is 0 Å². The lowest BCUT2D eigenvalue weighted by molar-refractivity contribution is 0.304. The molecular formula is C18H31NO. The summed E-state index contributed by atoms with van der Waals surface area (Å²) >= 11 is 0. The molecule has 0 bridgehead atoms. The van der Waals surface area contributed by atoms with Crippen LogP contribution in [0.1, 0.15) is 64.9 Å². The lowest BCUT2D eigenvalue weighted by Crippen LogP contribution is -2.23. The number of hydrogen-bond acceptors (Lipinski definition) is 2. The summed E-state index contributed by atoms with van der Waals surface area (Å²) in [7, 11) is 0. The van der Waals surface area contributed by atoms with Crippen LogP contribution in [0.25, 0.3) is 0 Å². The van der Waals surface area contributed by atoms with Crippen LogP contribution in [0, 0.1) is 0 Å². The molecule has 2 heteroatoms. The molecule has 1 aromatic rings. The summed E-state index contributed by atoms with van der Waals surface area (Å²) in [5.74, 6) is 1.58. The fourth-order valence-electron chi connectivity index (χ4n) is 2.11. The number of nitrogens with one attached hydrogen (secondary N) is 1. The van der Waals surface area contributed by atoms with Gasteiger partial charge in [-0.25, -0.2) is 0 Å². The summed E-state index contributed by atoms with van der Waals surface area (Å²) in [6, 6.07) is 9.10. The van der Waals surface area contributed by atoms with Gasteiger partial charge in [-0.3, -0.25) is 0 Å². The first kappa shape index (κ1) is 17.0. The van der Waals surface area contributed by atoms with E-state index in [0.29, 0.717) is 12.0 Å². The first-order valence-electron chi connectivity index (χ1n) is 8.05. The lowest BCUT2D eigenvalue weighted by Gasteiger charge is -2.09. The second-order valence-electron chi connectivity index (χ2n) is 6.10. The van der Waals surface area contributed by atoms with Crippen LogP contribution in [0.15, 0.2) is 24.3 Å². The molecule has 20 heavy (non-hydrogen) atoms. The van der Waals surface area contributed by atoms with E-state index in [4.69, 9.17) is 4.74 Å². The maximum absolute atomic E-state index is 5.77. The molecule has 0 aliphatic carbocycles. The molecule has 0 heterocycles. The zero-order valence-corrected chi connectivity index (χ0v) is 13.6. The average Bonchev–Trinajstić information content (AvgIpc) is 2.42. The highest BCUT2D eigenvalue weighted by Crippen LogP contribution is 2.18. The van der Waals surface area contributed by atoms with Crippen LogP contribution in [-0.2, 0) is 0 Å². The number of rotatable bonds is 10. The van der Waals surface area contributed by atoms with Gasteiger partial charge in [-0.1, -0.05) is 52.7 Å². The summed E-state index contributed by atoms with van der Waals surface area (Å²) < 4.78 is 5.77. The Balaban J connectivity index is 2.03. The minimum atomic E-state index is 0.587. The molecule has 0 fully saturated rings. The zero-order chi connectivity index (χ0) is 14.8. The highest BCUT2D eigenvalue weighted by molar-refractivity contribution is 5.28. The van der Waals surface area contributed by atoms with Gasteiger partial charge in [0.15, 0.2) is 0 Å². The molecule has 2 nitrogen and oxygen atoms in total. The molecule has 0 aliphatic heterocycles. The molecular weight excluding hydrogens is 246 g/mol. The minimum absolute atomic E-state index is 0.587. The van der Waals surface area contributed by atoms with Gasteiger partial charge in [-0.15, -0.1) is 0 Å². The summed E-state index contributed by atoms with van der Waals surface area (Å²) in [4.78, 5) is 0. The molecule has 0 aromatic heterocycles. The number of ether oxygens (including phenoxy) is 1. The van der Waals surface area contributed by atoms with Gasteiger partial charge in [-0.2, -0.15) is 0 Å². The van der Waals surface area contributed by atoms with Gasteiger partial charge in [0.05, 0.1) is 6.61 Å². The van der Waals surface area contributed by atoms with Gasteiger partial charge in [0, 0.05) is 6.04 Å². The van der Waals surface area contributed by atoms with Gasteiger partial charge in [-0.05, 0) is 43.0 Å². The second-order valence-corrected chi connectivity index (χ2v) is 6.10. The van der Waals surface area contributed by atoms with Gasteiger partial charge in [0.2, 0.25) is 0 Å². The highest BCUT2D eigenvalue weighted by atomic mass is 16.5. The van der Waals surface area contributed by atoms with Gasteiger partial charge in [0.25, 0.3) is 0 Å². The molecule has 0 saturated carbocycles. The number of unbranched alkanes of at least 4 members (excludes halogenated alkanes) is 3. The molecule has 1 N–H and O–H groups in total. The van der Waals surface area contributed by atoms with Crippen molar-refractivity contribution in [3.8, 4) is 5.75 Å². The summed E-state index contributed by atoms with van der Waals surface area (Å²) in [6.45, 7) is 10.8. The number of benzene rings is 1. The van der Waals surface area contributed by atoms with E-state index in [2.05, 4.69) is 57.3 Å². The molecule has 1 aromatic carbocycles. The highest BCUT2D eigenvalue weighted by Gasteiger charge is 1.99. The first-order chi connectivity index (χ1) is 9.59. The van der Waals surface area contributed by atoms with Crippen LogP contribution in [0.3, 0.4) is 0 Å². The topological polar surface area (TPSA) is 21.3 Å². The van der Waals surface area contributed by atoms with E-state index in [0.717, 1.165) is 25.3 Å². The van der Waals surface area contributed by atoms with Gasteiger partial charge < -0.3 is 10.1 Å². The average molecular weight is 277 g/mol. The summed E-state index contributed by atoms with van der Waals surface area (Å²) in [5, 5.41) is 3.45. The fraction of sp³-hybridized carbons (Fsp3) is 0.667. The molecule has 0 saturated heterocycles. The van der Waals surface area contributed by atoms with Crippen molar-refractivity contribution in [2.45, 2.75) is 65.3 Å². The molecule has 0 unspecified atom stereocenters. The van der Waals surface area contributed by atoms with Crippen LogP contribution in [0.2, 0.25) is 0 Å². The van der Waals surface area contributed by atoms with Crippen LogP contribution < -0.4 is 10.1 Å². The van der Waals surface area contributed by atoms with E-state index in [1.807, 2.05) is 0 Å². The smallest absolute Gasteiger partial charge is 0.119 e. The summed E-state index contributed by atoms with van der Waals surface area (Å²) in [5.41, 5.74) is 1.37. The van der Waals surface area contributed by atoms with E-state index >= 15 is 0 Å². The Bertz CT molecular complexity index is 343. The third-order valence-electron chi connectivity index (χ3n) is 3.44. The number of hydrogen-bond donors (Lipinski definition) is 1. The Kier molecular flexibility index (Phi) is 8.36. The predicted octanol–water partition coefficient (Wildman–Crippen LogP) is 4.75. The molecule has 0 radical (unpaired) electrons. The monoisotopic (exact) mass is 277 g/mol. The van der Waals surface area contributed by atoms with Crippen LogP contribution in [0.4, 0.5) is 0 Å². The zero-order valence-electron chi connectivity index (χ0n) is 13.6. The maximum Gasteiger partial charge on any atom is 0.119 e. The minimum Gasteiger partial charge on any atom is -0.494 e. The molecule has 114 valence electrons. The SMILES string of the molecule is CC(C)NCCCCCCOc1ccc(C(C)C)cc1. The third kappa shape index (κ3) is 7.54. The maximum atomic E-state index is 5.77. The van der Waals surface area contributed by atoms with Crippen molar-refractivity contribution < 1.29 is 4.74 Å². The third-order valence-corrected chi connectivity index (χ3v) is 3.44. The van der Waals surface area contributed by atoms with Crippen LogP contribution >= 0.6 is 0 Å². The van der Waals surface area contributed by atoms with E-state index < -0.39 is 0 Å². The first-order valence-corrected chi connectivity index (χ1v) is 8.05. The quantitative estimate of drug-likeness (QED) is 0.623. The lowest BCUT2D eigenvalue weighted by atomic mass is 10.0. The van der Waals surface area contributed by atoms with Crippen molar-refractivity contribution >= 4 is 0 Å². The standard InChI is InChI=1S/C18H31NO/c1-15(2)17-9-11-18(12-10-17)20-14-8-6-5-7-13-19-16(3)4/h9-12,15-16,19H,5-8,13-14H2,1-4H3. The molecule has 0 spiro atoms. The molecule has 0 atom stereocenters. The van der Waals surface area contributed by atoms with E-state index in [1.165, 1.54) is 24.8 Å². The van der Waals surface area contributed by atoms with Gasteiger partial charge in [0.1, 0.15) is 5.75 Å². The Hall–Kier alpha value is -1.02. The Morgan fingerprint density at radius 2 is 1.55 bits per heavy atom.